The van der Waals surface area contributed by atoms with Gasteiger partial charge in [0.25, 0.3) is 5.91 Å². The summed E-state index contributed by atoms with van der Waals surface area (Å²) < 4.78 is 11.1. The molecule has 1 spiro atoms. The molecule has 0 saturated carbocycles. The van der Waals surface area contributed by atoms with Gasteiger partial charge in [0.15, 0.2) is 0 Å². The molecule has 0 bridgehead atoms. The minimum absolute atomic E-state index is 0.0299. The van der Waals surface area contributed by atoms with Crippen molar-refractivity contribution < 1.29 is 19.1 Å². The van der Waals surface area contributed by atoms with Gasteiger partial charge in [0.2, 0.25) is 0 Å². The predicted molar refractivity (Wildman–Crippen MR) is 115 cm³/mol. The van der Waals surface area contributed by atoms with E-state index in [2.05, 4.69) is 16.7 Å². The second-order valence-electron chi connectivity index (χ2n) is 8.30. The van der Waals surface area contributed by atoms with Crippen LogP contribution < -0.4 is 9.64 Å². The lowest BCUT2D eigenvalue weighted by molar-refractivity contribution is -0.151. The Balaban J connectivity index is 1.45. The van der Waals surface area contributed by atoms with Crippen molar-refractivity contribution in [1.29, 1.82) is 0 Å². The molecule has 1 aromatic rings. The second-order valence-corrected chi connectivity index (χ2v) is 8.30. The summed E-state index contributed by atoms with van der Waals surface area (Å²) in [4.78, 5) is 32.4. The Kier molecular flexibility index (Phi) is 5.73. The van der Waals surface area contributed by atoms with Crippen molar-refractivity contribution in [3.63, 3.8) is 0 Å². The lowest BCUT2D eigenvalue weighted by atomic mass is 9.82. The van der Waals surface area contributed by atoms with E-state index in [-0.39, 0.29) is 11.9 Å². The van der Waals surface area contributed by atoms with Gasteiger partial charge in [-0.1, -0.05) is 6.92 Å². The van der Waals surface area contributed by atoms with Crippen LogP contribution in [0.5, 0.6) is 5.75 Å². The third kappa shape index (κ3) is 3.67. The lowest BCUT2D eigenvalue weighted by Crippen LogP contribution is -2.53. The van der Waals surface area contributed by atoms with Gasteiger partial charge in [0.1, 0.15) is 11.4 Å². The van der Waals surface area contributed by atoms with Crippen molar-refractivity contribution in [2.45, 2.75) is 32.3 Å². The molecule has 0 radical (unpaired) electrons. The molecule has 7 heteroatoms. The number of carbonyl (C=O) groups excluding carboxylic acids is 2. The Morgan fingerprint density at radius 1 is 1.07 bits per heavy atom. The normalized spacial score (nSPS) is 21.9. The van der Waals surface area contributed by atoms with Gasteiger partial charge in [-0.05, 0) is 37.7 Å². The van der Waals surface area contributed by atoms with E-state index in [1.54, 1.807) is 14.0 Å². The molecule has 30 heavy (non-hydrogen) atoms. The van der Waals surface area contributed by atoms with Gasteiger partial charge in [0.05, 0.1) is 12.7 Å². The molecule has 1 amide bonds. The number of piperidine rings is 1. The van der Waals surface area contributed by atoms with Gasteiger partial charge in [-0.2, -0.15) is 0 Å². The van der Waals surface area contributed by atoms with Gasteiger partial charge < -0.3 is 24.2 Å². The van der Waals surface area contributed by atoms with Crippen LogP contribution in [0.3, 0.4) is 0 Å². The number of methoxy groups -OCH3 is 1. The summed E-state index contributed by atoms with van der Waals surface area (Å²) in [5, 5.41) is 0. The van der Waals surface area contributed by atoms with E-state index >= 15 is 0 Å². The summed E-state index contributed by atoms with van der Waals surface area (Å²) in [6.07, 6.45) is 1.38. The maximum atomic E-state index is 13.5. The molecule has 4 rings (SSSR count). The average Bonchev–Trinajstić information content (AvgIpc) is 3.03. The van der Waals surface area contributed by atoms with E-state index in [9.17, 15) is 9.59 Å². The molecule has 0 unspecified atom stereocenters. The van der Waals surface area contributed by atoms with Crippen LogP contribution in [-0.2, 0) is 14.3 Å². The third-order valence-corrected chi connectivity index (χ3v) is 6.75. The summed E-state index contributed by atoms with van der Waals surface area (Å²) in [7, 11) is 1.66. The summed E-state index contributed by atoms with van der Waals surface area (Å²) in [6.45, 7) is 9.32. The van der Waals surface area contributed by atoms with E-state index < -0.39 is 5.60 Å². The first kappa shape index (κ1) is 20.7. The number of carbonyl (C=O) groups is 2. The van der Waals surface area contributed by atoms with Crippen molar-refractivity contribution in [3.05, 3.63) is 35.4 Å². The smallest absolute Gasteiger partial charge is 0.335 e. The van der Waals surface area contributed by atoms with Crippen LogP contribution in [0.15, 0.2) is 35.4 Å². The first-order chi connectivity index (χ1) is 14.5. The van der Waals surface area contributed by atoms with Crippen molar-refractivity contribution in [2.75, 3.05) is 57.8 Å². The van der Waals surface area contributed by atoms with Crippen LogP contribution in [0.25, 0.3) is 0 Å². The first-order valence-corrected chi connectivity index (χ1v) is 10.8. The SMILES string of the molecule is CCN1CCC2(CC1)OC(=O)C(C)=C2C(=O)N1CCN(c2ccc(OC)cc2)CC1. The highest BCUT2D eigenvalue weighted by Gasteiger charge is 2.51. The summed E-state index contributed by atoms with van der Waals surface area (Å²) in [5.41, 5.74) is 1.47. The number of ether oxygens (including phenoxy) is 2. The van der Waals surface area contributed by atoms with Gasteiger partial charge >= 0.3 is 5.97 Å². The number of esters is 1. The molecule has 0 aromatic heterocycles. The minimum atomic E-state index is -0.739. The van der Waals surface area contributed by atoms with Gasteiger partial charge in [0, 0.05) is 63.4 Å². The largest absolute Gasteiger partial charge is 0.497 e. The van der Waals surface area contributed by atoms with Crippen molar-refractivity contribution in [2.24, 2.45) is 0 Å². The van der Waals surface area contributed by atoms with Crippen LogP contribution in [0.4, 0.5) is 5.69 Å². The first-order valence-electron chi connectivity index (χ1n) is 10.8. The molecule has 1 aromatic carbocycles. The summed E-state index contributed by atoms with van der Waals surface area (Å²) >= 11 is 0. The maximum Gasteiger partial charge on any atom is 0.335 e. The van der Waals surface area contributed by atoms with E-state index in [1.165, 1.54) is 0 Å². The fourth-order valence-electron chi connectivity index (χ4n) is 4.81. The molecule has 2 saturated heterocycles. The van der Waals surface area contributed by atoms with Crippen molar-refractivity contribution in [1.82, 2.24) is 9.80 Å². The second kappa shape index (κ2) is 8.30. The van der Waals surface area contributed by atoms with Crippen LogP contribution in [0.2, 0.25) is 0 Å². The number of likely N-dealkylation sites (tertiary alicyclic amines) is 1. The quantitative estimate of drug-likeness (QED) is 0.705. The molecule has 0 N–H and O–H groups in total. The number of hydrogen-bond donors (Lipinski definition) is 0. The zero-order valence-electron chi connectivity index (χ0n) is 18.1. The Bertz CT molecular complexity index is 833. The molecule has 7 nitrogen and oxygen atoms in total. The number of anilines is 1. The molecule has 3 aliphatic rings. The van der Waals surface area contributed by atoms with Crippen molar-refractivity contribution in [3.8, 4) is 5.75 Å². The zero-order valence-corrected chi connectivity index (χ0v) is 18.1. The van der Waals surface area contributed by atoms with Crippen LogP contribution in [0.1, 0.15) is 26.7 Å². The van der Waals surface area contributed by atoms with Gasteiger partial charge in [-0.3, -0.25) is 4.79 Å². The monoisotopic (exact) mass is 413 g/mol. The Hall–Kier alpha value is -2.54. The maximum absolute atomic E-state index is 13.5. The van der Waals surface area contributed by atoms with Gasteiger partial charge in [-0.15, -0.1) is 0 Å². The van der Waals surface area contributed by atoms with Crippen LogP contribution in [-0.4, -0.2) is 80.2 Å². The fraction of sp³-hybridized carbons (Fsp3) is 0.565. The number of amides is 1. The molecule has 3 heterocycles. The van der Waals surface area contributed by atoms with E-state index in [0.29, 0.717) is 37.1 Å². The van der Waals surface area contributed by atoms with E-state index in [1.807, 2.05) is 29.2 Å². The molecular formula is C23H31N3O4. The zero-order chi connectivity index (χ0) is 21.3. The lowest BCUT2D eigenvalue weighted by Gasteiger charge is -2.41. The topological polar surface area (TPSA) is 62.3 Å². The standard InChI is InChI=1S/C23H31N3O4/c1-4-24-11-9-23(10-12-24)20(17(2)22(28)30-23)21(27)26-15-13-25(14-16-26)18-5-7-19(29-3)8-6-18/h5-8H,4,9-16H2,1-3H3. The molecule has 2 fully saturated rings. The summed E-state index contributed by atoms with van der Waals surface area (Å²) in [5.74, 6) is 0.471. The molecule has 0 atom stereocenters. The molecule has 3 aliphatic heterocycles. The molecule has 0 aliphatic carbocycles. The van der Waals surface area contributed by atoms with Crippen LogP contribution in [0, 0.1) is 0 Å². The minimum Gasteiger partial charge on any atom is -0.497 e. The highest BCUT2D eigenvalue weighted by atomic mass is 16.6. The number of piperazine rings is 1. The highest BCUT2D eigenvalue weighted by Crippen LogP contribution is 2.42. The van der Waals surface area contributed by atoms with E-state index in [4.69, 9.17) is 9.47 Å². The Labute approximate surface area is 178 Å². The molecular weight excluding hydrogens is 382 g/mol. The number of nitrogens with zero attached hydrogens (tertiary/aromatic N) is 3. The van der Waals surface area contributed by atoms with Gasteiger partial charge in [-0.25, -0.2) is 4.79 Å². The number of rotatable bonds is 4. The fourth-order valence-corrected chi connectivity index (χ4v) is 4.81. The predicted octanol–water partition coefficient (Wildman–Crippen LogP) is 2.07. The van der Waals surface area contributed by atoms with Crippen molar-refractivity contribution >= 4 is 17.6 Å². The highest BCUT2D eigenvalue weighted by molar-refractivity contribution is 6.07. The summed E-state index contributed by atoms with van der Waals surface area (Å²) in [6, 6.07) is 8.00. The number of hydrogen-bond acceptors (Lipinski definition) is 6. The number of benzene rings is 1. The van der Waals surface area contributed by atoms with E-state index in [0.717, 1.165) is 44.2 Å². The Morgan fingerprint density at radius 2 is 1.70 bits per heavy atom. The molecule has 162 valence electrons. The third-order valence-electron chi connectivity index (χ3n) is 6.75. The Morgan fingerprint density at radius 3 is 2.27 bits per heavy atom. The average molecular weight is 414 g/mol. The van der Waals surface area contributed by atoms with Crippen LogP contribution >= 0.6 is 0 Å².